The summed E-state index contributed by atoms with van der Waals surface area (Å²) in [6.07, 6.45) is 0.604. The molecule has 0 aromatic heterocycles. The van der Waals surface area contributed by atoms with Crippen molar-refractivity contribution in [3.05, 3.63) is 53.6 Å². The third-order valence-corrected chi connectivity index (χ3v) is 6.09. The van der Waals surface area contributed by atoms with E-state index >= 15 is 0 Å². The third kappa shape index (κ3) is 5.00. The minimum Gasteiger partial charge on any atom is -0.497 e. The monoisotopic (exact) mass is 418 g/mol. The van der Waals surface area contributed by atoms with E-state index in [-0.39, 0.29) is 17.7 Å². The van der Waals surface area contributed by atoms with Crippen LogP contribution in [0.5, 0.6) is 11.5 Å². The molecule has 3 rings (SSSR count). The fourth-order valence-electron chi connectivity index (χ4n) is 3.27. The number of amides is 1. The van der Waals surface area contributed by atoms with Crippen LogP contribution in [0.15, 0.2) is 42.5 Å². The van der Waals surface area contributed by atoms with Crippen LogP contribution in [0.2, 0.25) is 0 Å². The Kier molecular flexibility index (Phi) is 5.75. The fourth-order valence-corrected chi connectivity index (χ4v) is 3.91. The van der Waals surface area contributed by atoms with E-state index in [0.29, 0.717) is 23.4 Å². The van der Waals surface area contributed by atoms with Crippen LogP contribution in [-0.2, 0) is 10.0 Å². The van der Waals surface area contributed by atoms with E-state index < -0.39 is 15.6 Å². The average molecular weight is 419 g/mol. The lowest BCUT2D eigenvalue weighted by Gasteiger charge is -2.38. The van der Waals surface area contributed by atoms with Crippen LogP contribution in [-0.4, -0.2) is 32.8 Å². The molecule has 8 heteroatoms. The van der Waals surface area contributed by atoms with Crippen LogP contribution < -0.4 is 19.5 Å². The molecular weight excluding hydrogens is 392 g/mol. The normalized spacial score (nSPS) is 17.6. The van der Waals surface area contributed by atoms with Gasteiger partial charge in [0, 0.05) is 23.2 Å². The number of ether oxygens (including phenoxy) is 2. The van der Waals surface area contributed by atoms with Crippen molar-refractivity contribution in [2.75, 3.05) is 17.6 Å². The van der Waals surface area contributed by atoms with Gasteiger partial charge in [-0.1, -0.05) is 0 Å². The molecule has 2 N–H and O–H groups in total. The summed E-state index contributed by atoms with van der Waals surface area (Å²) in [5.41, 5.74) is 1.30. The molecule has 2 aromatic rings. The van der Waals surface area contributed by atoms with E-state index in [2.05, 4.69) is 10.0 Å². The van der Waals surface area contributed by atoms with Crippen LogP contribution in [0, 0.1) is 0 Å². The maximum atomic E-state index is 12.8. The van der Waals surface area contributed by atoms with Crippen LogP contribution in [0.4, 0.5) is 5.69 Å². The molecule has 0 fully saturated rings. The number of sulfonamides is 1. The molecule has 0 bridgehead atoms. The maximum absolute atomic E-state index is 12.8. The summed E-state index contributed by atoms with van der Waals surface area (Å²) >= 11 is 0. The number of nitrogens with one attached hydrogen (secondary N) is 2. The summed E-state index contributed by atoms with van der Waals surface area (Å²) in [6.45, 7) is 5.52. The van der Waals surface area contributed by atoms with E-state index in [1.807, 2.05) is 32.0 Å². The molecular formula is C21H26N2O5S. The number of hydrogen-bond acceptors (Lipinski definition) is 5. The van der Waals surface area contributed by atoms with Crippen molar-refractivity contribution >= 4 is 21.6 Å². The Morgan fingerprint density at radius 3 is 2.52 bits per heavy atom. The molecule has 29 heavy (non-hydrogen) atoms. The van der Waals surface area contributed by atoms with Gasteiger partial charge in [0.25, 0.3) is 5.91 Å². The quantitative estimate of drug-likeness (QED) is 0.749. The zero-order valence-corrected chi connectivity index (χ0v) is 17.8. The largest absolute Gasteiger partial charge is 0.497 e. The second-order valence-electron chi connectivity index (χ2n) is 7.58. The van der Waals surface area contributed by atoms with Crippen LogP contribution in [0.25, 0.3) is 0 Å². The van der Waals surface area contributed by atoms with E-state index in [1.165, 1.54) is 0 Å². The molecule has 7 nitrogen and oxygen atoms in total. The Labute approximate surface area is 171 Å². The summed E-state index contributed by atoms with van der Waals surface area (Å²) in [5.74, 6) is 1.15. The molecule has 0 aliphatic carbocycles. The van der Waals surface area contributed by atoms with Crippen LogP contribution in [0.1, 0.15) is 49.2 Å². The van der Waals surface area contributed by atoms with Crippen molar-refractivity contribution in [1.82, 2.24) is 5.32 Å². The molecule has 1 heterocycles. The van der Waals surface area contributed by atoms with Gasteiger partial charge in [-0.15, -0.1) is 0 Å². The predicted molar refractivity (Wildman–Crippen MR) is 112 cm³/mol. The molecule has 0 radical (unpaired) electrons. The van der Waals surface area contributed by atoms with Crippen molar-refractivity contribution < 1.29 is 22.7 Å². The number of carbonyl (C=O) groups is 1. The van der Waals surface area contributed by atoms with E-state index in [0.717, 1.165) is 11.3 Å². The van der Waals surface area contributed by atoms with Crippen molar-refractivity contribution in [3.63, 3.8) is 0 Å². The van der Waals surface area contributed by atoms with E-state index in [1.54, 1.807) is 38.3 Å². The molecule has 156 valence electrons. The smallest absolute Gasteiger partial charge is 0.251 e. The highest BCUT2D eigenvalue weighted by Gasteiger charge is 2.35. The summed E-state index contributed by atoms with van der Waals surface area (Å²) < 4.78 is 37.1. The summed E-state index contributed by atoms with van der Waals surface area (Å²) in [7, 11) is -1.76. The van der Waals surface area contributed by atoms with Crippen LogP contribution in [0.3, 0.4) is 0 Å². The van der Waals surface area contributed by atoms with Crippen molar-refractivity contribution in [2.45, 2.75) is 38.8 Å². The Morgan fingerprint density at radius 2 is 1.90 bits per heavy atom. The highest BCUT2D eigenvalue weighted by Crippen LogP contribution is 2.41. The number of anilines is 1. The first kappa shape index (κ1) is 21.0. The molecule has 1 atom stereocenters. The molecule has 1 amide bonds. The number of methoxy groups -OCH3 is 1. The van der Waals surface area contributed by atoms with Gasteiger partial charge in [-0.2, -0.15) is 0 Å². The number of hydrogen-bond donors (Lipinski definition) is 2. The molecule has 1 aliphatic rings. The highest BCUT2D eigenvalue weighted by atomic mass is 32.2. The van der Waals surface area contributed by atoms with Gasteiger partial charge in [-0.3, -0.25) is 9.52 Å². The van der Waals surface area contributed by atoms with Gasteiger partial charge in [0.2, 0.25) is 10.0 Å². The lowest BCUT2D eigenvalue weighted by Crippen LogP contribution is -2.41. The second kappa shape index (κ2) is 7.94. The van der Waals surface area contributed by atoms with Crippen molar-refractivity contribution in [1.29, 1.82) is 0 Å². The summed E-state index contributed by atoms with van der Waals surface area (Å²) in [6, 6.07) is 11.7. The Bertz CT molecular complexity index is 1000. The highest BCUT2D eigenvalue weighted by molar-refractivity contribution is 7.92. The maximum Gasteiger partial charge on any atom is 0.251 e. The molecule has 0 saturated heterocycles. The standard InChI is InChI=1S/C21H26N2O5S/c1-5-29(25,26)23-15-8-6-14(7-9-15)20(24)22-18-13-21(2,3)28-19-11-10-16(27-4)12-17(18)19/h6-12,18,23H,5,13H2,1-4H3,(H,22,24)/t18-/m1/s1. The number of rotatable bonds is 6. The first-order valence-corrected chi connectivity index (χ1v) is 11.1. The van der Waals surface area contributed by atoms with Crippen molar-refractivity contribution in [2.24, 2.45) is 0 Å². The molecule has 2 aromatic carbocycles. The van der Waals surface area contributed by atoms with Gasteiger partial charge in [-0.05, 0) is 63.2 Å². The third-order valence-electron chi connectivity index (χ3n) is 4.78. The minimum atomic E-state index is -3.36. The SMILES string of the molecule is CCS(=O)(=O)Nc1ccc(C(=O)N[C@@H]2CC(C)(C)Oc3ccc(OC)cc32)cc1. The van der Waals surface area contributed by atoms with Gasteiger partial charge in [-0.25, -0.2) is 8.42 Å². The lowest BCUT2D eigenvalue weighted by molar-refractivity contribution is 0.0618. The lowest BCUT2D eigenvalue weighted by atomic mass is 9.89. The summed E-state index contributed by atoms with van der Waals surface area (Å²) in [5, 5.41) is 3.06. The second-order valence-corrected chi connectivity index (χ2v) is 9.59. The zero-order chi connectivity index (χ0) is 21.2. The minimum absolute atomic E-state index is 0.0162. The van der Waals surface area contributed by atoms with Gasteiger partial charge in [0.05, 0.1) is 18.9 Å². The zero-order valence-electron chi connectivity index (χ0n) is 17.0. The first-order valence-electron chi connectivity index (χ1n) is 9.41. The Balaban J connectivity index is 1.80. The predicted octanol–water partition coefficient (Wildman–Crippen LogP) is 3.49. The number of carbonyl (C=O) groups excluding carboxylic acids is 1. The molecule has 0 saturated carbocycles. The summed E-state index contributed by atoms with van der Waals surface area (Å²) in [4.78, 5) is 12.8. The fraction of sp³-hybridized carbons (Fsp3) is 0.381. The van der Waals surface area contributed by atoms with Crippen LogP contribution >= 0.6 is 0 Å². The first-order chi connectivity index (χ1) is 13.6. The Morgan fingerprint density at radius 1 is 1.21 bits per heavy atom. The van der Waals surface area contributed by atoms with Gasteiger partial charge in [0.15, 0.2) is 0 Å². The molecule has 1 aliphatic heterocycles. The van der Waals surface area contributed by atoms with E-state index in [9.17, 15) is 13.2 Å². The topological polar surface area (TPSA) is 93.7 Å². The number of benzene rings is 2. The van der Waals surface area contributed by atoms with Gasteiger partial charge in [0.1, 0.15) is 17.1 Å². The average Bonchev–Trinajstić information content (AvgIpc) is 2.67. The van der Waals surface area contributed by atoms with Crippen molar-refractivity contribution in [3.8, 4) is 11.5 Å². The number of fused-ring (bicyclic) bond motifs is 1. The van der Waals surface area contributed by atoms with Gasteiger partial charge < -0.3 is 14.8 Å². The molecule has 0 unspecified atom stereocenters. The molecule has 0 spiro atoms. The van der Waals surface area contributed by atoms with Gasteiger partial charge >= 0.3 is 0 Å². The Hall–Kier alpha value is -2.74. The van der Waals surface area contributed by atoms with E-state index in [4.69, 9.17) is 9.47 Å².